The van der Waals surface area contributed by atoms with Crippen LogP contribution < -0.4 is 4.72 Å². The molecule has 0 heterocycles. The maximum absolute atomic E-state index is 12.2. The van der Waals surface area contributed by atoms with Crippen molar-refractivity contribution in [2.45, 2.75) is 55.9 Å². The number of phenols is 1. The van der Waals surface area contributed by atoms with E-state index in [-0.39, 0.29) is 16.7 Å². The lowest BCUT2D eigenvalue weighted by Gasteiger charge is -2.21. The highest BCUT2D eigenvalue weighted by Crippen LogP contribution is 2.23. The Hall–Kier alpha value is -1.07. The number of hydrogen-bond acceptors (Lipinski definition) is 3. The van der Waals surface area contributed by atoms with Crippen molar-refractivity contribution in [1.82, 2.24) is 4.72 Å². The van der Waals surface area contributed by atoms with Crippen molar-refractivity contribution in [2.75, 3.05) is 0 Å². The summed E-state index contributed by atoms with van der Waals surface area (Å²) in [5, 5.41) is 9.66. The molecule has 0 spiro atoms. The Kier molecular flexibility index (Phi) is 4.82. The summed E-state index contributed by atoms with van der Waals surface area (Å²) < 4.78 is 27.2. The lowest BCUT2D eigenvalue weighted by Crippen LogP contribution is -2.35. The molecule has 1 aliphatic rings. The van der Waals surface area contributed by atoms with Crippen molar-refractivity contribution in [2.24, 2.45) is 0 Å². The fraction of sp³-hybridized carbons (Fsp3) is 0.571. The molecule has 106 valence electrons. The number of phenolic OH excluding ortho intramolecular Hbond substituents is 1. The molecule has 0 atom stereocenters. The number of sulfonamides is 1. The van der Waals surface area contributed by atoms with Gasteiger partial charge in [-0.25, -0.2) is 13.1 Å². The van der Waals surface area contributed by atoms with Crippen LogP contribution in [0.4, 0.5) is 0 Å². The smallest absolute Gasteiger partial charge is 0.244 e. The fourth-order valence-corrected chi connectivity index (χ4v) is 3.94. The van der Waals surface area contributed by atoms with Crippen LogP contribution in [0.2, 0.25) is 0 Å². The second-order valence-corrected chi connectivity index (χ2v) is 6.81. The van der Waals surface area contributed by atoms with Crippen LogP contribution in [-0.4, -0.2) is 19.6 Å². The lowest BCUT2D eigenvalue weighted by molar-refractivity contribution is 0.423. The molecule has 0 bridgehead atoms. The molecule has 1 aliphatic carbocycles. The first-order valence-corrected chi connectivity index (χ1v) is 8.38. The summed E-state index contributed by atoms with van der Waals surface area (Å²) in [5.74, 6) is -0.194. The number of benzene rings is 1. The molecule has 1 fully saturated rings. The van der Waals surface area contributed by atoms with Gasteiger partial charge in [-0.1, -0.05) is 44.2 Å². The number of nitrogens with one attached hydrogen (secondary N) is 1. The first-order chi connectivity index (χ1) is 9.09. The van der Waals surface area contributed by atoms with Crippen LogP contribution in [0, 0.1) is 0 Å². The maximum atomic E-state index is 12.2. The molecule has 1 aromatic rings. The molecule has 2 N–H and O–H groups in total. The Bertz CT molecular complexity index is 505. The molecule has 0 radical (unpaired) electrons. The highest BCUT2D eigenvalue weighted by molar-refractivity contribution is 7.89. The maximum Gasteiger partial charge on any atom is 0.244 e. The van der Waals surface area contributed by atoms with Gasteiger partial charge in [0.2, 0.25) is 10.0 Å². The van der Waals surface area contributed by atoms with E-state index in [2.05, 4.69) is 4.72 Å². The van der Waals surface area contributed by atoms with Crippen LogP contribution in [0.1, 0.15) is 44.9 Å². The van der Waals surface area contributed by atoms with Gasteiger partial charge in [0.05, 0.1) is 0 Å². The van der Waals surface area contributed by atoms with Gasteiger partial charge >= 0.3 is 0 Å². The van der Waals surface area contributed by atoms with Gasteiger partial charge in [-0.3, -0.25) is 0 Å². The van der Waals surface area contributed by atoms with Crippen molar-refractivity contribution in [3.05, 3.63) is 24.3 Å². The van der Waals surface area contributed by atoms with E-state index < -0.39 is 10.0 Å². The first kappa shape index (κ1) is 14.3. The number of rotatable bonds is 3. The average molecular weight is 283 g/mol. The van der Waals surface area contributed by atoms with E-state index >= 15 is 0 Å². The minimum atomic E-state index is -3.62. The molecule has 19 heavy (non-hydrogen) atoms. The predicted octanol–water partition coefficient (Wildman–Crippen LogP) is 2.78. The van der Waals surface area contributed by atoms with Gasteiger partial charge in [-0.2, -0.15) is 0 Å². The van der Waals surface area contributed by atoms with Crippen LogP contribution in [0.5, 0.6) is 5.75 Å². The zero-order valence-corrected chi connectivity index (χ0v) is 11.8. The van der Waals surface area contributed by atoms with Gasteiger partial charge in [0, 0.05) is 6.04 Å². The third-order valence-corrected chi connectivity index (χ3v) is 5.15. The molecule has 1 aromatic carbocycles. The molecule has 0 amide bonds. The van der Waals surface area contributed by atoms with Crippen molar-refractivity contribution >= 4 is 10.0 Å². The van der Waals surface area contributed by atoms with E-state index in [1.54, 1.807) is 12.1 Å². The molecule has 2 rings (SSSR count). The molecule has 0 aromatic heterocycles. The molecule has 0 aliphatic heterocycles. The summed E-state index contributed by atoms with van der Waals surface area (Å²) in [6.07, 6.45) is 7.49. The van der Waals surface area contributed by atoms with Crippen LogP contribution in [0.15, 0.2) is 29.2 Å². The molecule has 0 saturated heterocycles. The normalized spacial score (nSPS) is 18.7. The predicted molar refractivity (Wildman–Crippen MR) is 74.5 cm³/mol. The molecule has 4 nitrogen and oxygen atoms in total. The van der Waals surface area contributed by atoms with E-state index in [1.165, 1.54) is 31.4 Å². The van der Waals surface area contributed by atoms with E-state index in [0.29, 0.717) is 0 Å². The second-order valence-electron chi connectivity index (χ2n) is 5.13. The van der Waals surface area contributed by atoms with Gasteiger partial charge in [0.25, 0.3) is 0 Å². The third kappa shape index (κ3) is 3.94. The van der Waals surface area contributed by atoms with Gasteiger partial charge in [-0.05, 0) is 25.0 Å². The zero-order chi connectivity index (χ0) is 13.7. The van der Waals surface area contributed by atoms with Gasteiger partial charge < -0.3 is 5.11 Å². The highest BCUT2D eigenvalue weighted by atomic mass is 32.2. The van der Waals surface area contributed by atoms with Crippen LogP contribution in [0.25, 0.3) is 0 Å². The van der Waals surface area contributed by atoms with Gasteiger partial charge in [0.1, 0.15) is 10.6 Å². The summed E-state index contributed by atoms with van der Waals surface area (Å²) in [7, 11) is -3.62. The Labute approximate surface area is 114 Å². The quantitative estimate of drug-likeness (QED) is 0.896. The molecular weight excluding hydrogens is 262 g/mol. The van der Waals surface area contributed by atoms with Crippen LogP contribution >= 0.6 is 0 Å². The summed E-state index contributed by atoms with van der Waals surface area (Å²) in [6.45, 7) is 0. The van der Waals surface area contributed by atoms with E-state index in [1.807, 2.05) is 0 Å². The van der Waals surface area contributed by atoms with Crippen molar-refractivity contribution in [3.8, 4) is 5.75 Å². The van der Waals surface area contributed by atoms with E-state index in [0.717, 1.165) is 25.7 Å². The number of para-hydroxylation sites is 1. The van der Waals surface area contributed by atoms with E-state index in [4.69, 9.17) is 0 Å². The summed E-state index contributed by atoms with van der Waals surface area (Å²) in [5.41, 5.74) is 0. The largest absolute Gasteiger partial charge is 0.507 e. The zero-order valence-electron chi connectivity index (χ0n) is 11.0. The monoisotopic (exact) mass is 283 g/mol. The Balaban J connectivity index is 2.10. The molecule has 1 saturated carbocycles. The highest BCUT2D eigenvalue weighted by Gasteiger charge is 2.22. The Morgan fingerprint density at radius 2 is 1.58 bits per heavy atom. The molecular formula is C14H21NO3S. The van der Waals surface area contributed by atoms with Crippen molar-refractivity contribution < 1.29 is 13.5 Å². The fourth-order valence-electron chi connectivity index (χ4n) is 2.54. The molecule has 5 heteroatoms. The van der Waals surface area contributed by atoms with Crippen LogP contribution in [0.3, 0.4) is 0 Å². The van der Waals surface area contributed by atoms with E-state index in [9.17, 15) is 13.5 Å². The lowest BCUT2D eigenvalue weighted by atomic mass is 9.97. The standard InChI is InChI=1S/C14H21NO3S/c16-13-10-6-7-11-14(13)19(17,18)15-12-8-4-2-1-3-5-9-12/h6-7,10-12,15-16H,1-5,8-9H2. The van der Waals surface area contributed by atoms with Crippen LogP contribution in [-0.2, 0) is 10.0 Å². The topological polar surface area (TPSA) is 66.4 Å². The summed E-state index contributed by atoms with van der Waals surface area (Å²) in [4.78, 5) is -0.0305. The summed E-state index contributed by atoms with van der Waals surface area (Å²) >= 11 is 0. The van der Waals surface area contributed by atoms with Crippen molar-refractivity contribution in [1.29, 1.82) is 0 Å². The second kappa shape index (κ2) is 6.39. The minimum Gasteiger partial charge on any atom is -0.507 e. The average Bonchev–Trinajstić information content (AvgIpc) is 2.33. The first-order valence-electron chi connectivity index (χ1n) is 6.90. The SMILES string of the molecule is O=S(=O)(NC1CCCCCCC1)c1ccccc1O. The summed E-state index contributed by atoms with van der Waals surface area (Å²) in [6, 6.07) is 6.05. The Morgan fingerprint density at radius 1 is 1.00 bits per heavy atom. The van der Waals surface area contributed by atoms with Gasteiger partial charge in [-0.15, -0.1) is 0 Å². The third-order valence-electron chi connectivity index (χ3n) is 3.58. The minimum absolute atomic E-state index is 0.00935. The number of hydrogen-bond donors (Lipinski definition) is 2. The number of aromatic hydroxyl groups is 1. The van der Waals surface area contributed by atoms with Crippen molar-refractivity contribution in [3.63, 3.8) is 0 Å². The van der Waals surface area contributed by atoms with Gasteiger partial charge in [0.15, 0.2) is 0 Å². The Morgan fingerprint density at radius 3 is 2.21 bits per heavy atom. The molecule has 0 unspecified atom stereocenters.